The molecule has 3 aromatic rings. The average molecular weight is 387 g/mol. The van der Waals surface area contributed by atoms with Crippen molar-refractivity contribution >= 4 is 17.2 Å². The van der Waals surface area contributed by atoms with Crippen LogP contribution < -0.4 is 15.6 Å². The lowest BCUT2D eigenvalue weighted by Gasteiger charge is -2.15. The molecule has 140 valence electrons. The fraction of sp³-hybridized carbons (Fsp3) is 0.211. The van der Waals surface area contributed by atoms with Gasteiger partial charge in [-0.05, 0) is 48.7 Å². The molecule has 2 aromatic heterocycles. The van der Waals surface area contributed by atoms with Crippen molar-refractivity contribution in [3.8, 4) is 16.3 Å². The second kappa shape index (κ2) is 8.59. The van der Waals surface area contributed by atoms with Crippen LogP contribution in [0.15, 0.2) is 58.7 Å². The predicted molar refractivity (Wildman–Crippen MR) is 101 cm³/mol. The van der Waals surface area contributed by atoms with Crippen LogP contribution >= 0.6 is 11.3 Å². The van der Waals surface area contributed by atoms with Gasteiger partial charge in [0.1, 0.15) is 17.3 Å². The van der Waals surface area contributed by atoms with Gasteiger partial charge >= 0.3 is 0 Å². The van der Waals surface area contributed by atoms with Gasteiger partial charge in [-0.15, -0.1) is 11.3 Å². The molecule has 8 heteroatoms. The first kappa shape index (κ1) is 18.8. The molecule has 0 aliphatic carbocycles. The first-order valence-corrected chi connectivity index (χ1v) is 9.23. The van der Waals surface area contributed by atoms with E-state index in [0.29, 0.717) is 11.4 Å². The molecule has 0 radical (unpaired) electrons. The third kappa shape index (κ3) is 5.01. The molecule has 0 saturated carbocycles. The van der Waals surface area contributed by atoms with Crippen LogP contribution in [0.3, 0.4) is 0 Å². The highest BCUT2D eigenvalue weighted by Crippen LogP contribution is 2.21. The largest absolute Gasteiger partial charge is 0.481 e. The summed E-state index contributed by atoms with van der Waals surface area (Å²) in [4.78, 5) is 25.0. The SMILES string of the molecule is CC(Oc1ccc(F)cc1)C(=O)NCCn1nc(-c2cccs2)ccc1=O. The lowest BCUT2D eigenvalue weighted by Crippen LogP contribution is -2.39. The van der Waals surface area contributed by atoms with Crippen molar-refractivity contribution in [3.63, 3.8) is 0 Å². The first-order chi connectivity index (χ1) is 13.0. The number of hydrogen-bond donors (Lipinski definition) is 1. The zero-order chi connectivity index (χ0) is 19.2. The van der Waals surface area contributed by atoms with Crippen LogP contribution in [0.25, 0.3) is 10.6 Å². The summed E-state index contributed by atoms with van der Waals surface area (Å²) in [7, 11) is 0. The minimum absolute atomic E-state index is 0.233. The van der Waals surface area contributed by atoms with E-state index in [0.717, 1.165) is 4.88 Å². The molecule has 0 aliphatic rings. The number of nitrogens with one attached hydrogen (secondary N) is 1. The molecule has 0 spiro atoms. The van der Waals surface area contributed by atoms with E-state index in [9.17, 15) is 14.0 Å². The Labute approximate surface area is 159 Å². The first-order valence-electron chi connectivity index (χ1n) is 8.35. The van der Waals surface area contributed by atoms with Gasteiger partial charge in [0.2, 0.25) is 0 Å². The van der Waals surface area contributed by atoms with Gasteiger partial charge in [-0.1, -0.05) is 6.07 Å². The van der Waals surface area contributed by atoms with Gasteiger partial charge in [-0.25, -0.2) is 9.07 Å². The fourth-order valence-corrected chi connectivity index (χ4v) is 3.05. The molecule has 3 rings (SSSR count). The molecular weight excluding hydrogens is 369 g/mol. The van der Waals surface area contributed by atoms with Crippen molar-refractivity contribution in [1.82, 2.24) is 15.1 Å². The Bertz CT molecular complexity index is 955. The minimum atomic E-state index is -0.752. The molecule has 1 aromatic carbocycles. The Hall–Kier alpha value is -3.00. The van der Waals surface area contributed by atoms with Crippen LogP contribution in [-0.2, 0) is 11.3 Å². The predicted octanol–water partition coefficient (Wildman–Crippen LogP) is 2.69. The highest BCUT2D eigenvalue weighted by Gasteiger charge is 2.14. The second-order valence-electron chi connectivity index (χ2n) is 5.76. The van der Waals surface area contributed by atoms with Crippen LogP contribution in [0, 0.1) is 5.82 Å². The van der Waals surface area contributed by atoms with E-state index >= 15 is 0 Å². The summed E-state index contributed by atoms with van der Waals surface area (Å²) < 4.78 is 19.7. The Morgan fingerprint density at radius 2 is 2.04 bits per heavy atom. The van der Waals surface area contributed by atoms with Crippen molar-refractivity contribution in [3.05, 3.63) is 70.1 Å². The average Bonchev–Trinajstić information content (AvgIpc) is 3.19. The Morgan fingerprint density at radius 3 is 2.74 bits per heavy atom. The zero-order valence-electron chi connectivity index (χ0n) is 14.6. The number of aromatic nitrogens is 2. The summed E-state index contributed by atoms with van der Waals surface area (Å²) in [5, 5.41) is 8.98. The number of amides is 1. The van der Waals surface area contributed by atoms with Gasteiger partial charge in [-0.3, -0.25) is 9.59 Å². The highest BCUT2D eigenvalue weighted by molar-refractivity contribution is 7.13. The highest BCUT2D eigenvalue weighted by atomic mass is 32.1. The van der Waals surface area contributed by atoms with Gasteiger partial charge in [-0.2, -0.15) is 5.10 Å². The number of thiophene rings is 1. The molecule has 0 aliphatic heterocycles. The van der Waals surface area contributed by atoms with Gasteiger partial charge in [0.15, 0.2) is 6.10 Å². The Kier molecular flexibility index (Phi) is 5.97. The maximum atomic E-state index is 12.9. The smallest absolute Gasteiger partial charge is 0.266 e. The van der Waals surface area contributed by atoms with E-state index in [2.05, 4.69) is 10.4 Å². The van der Waals surface area contributed by atoms with Gasteiger partial charge in [0.25, 0.3) is 11.5 Å². The lowest BCUT2D eigenvalue weighted by molar-refractivity contribution is -0.127. The number of nitrogens with zero attached hydrogens (tertiary/aromatic N) is 2. The summed E-state index contributed by atoms with van der Waals surface area (Å²) in [5.41, 5.74) is 0.476. The van der Waals surface area contributed by atoms with E-state index < -0.39 is 6.10 Å². The Morgan fingerprint density at radius 1 is 1.26 bits per heavy atom. The number of hydrogen-bond acceptors (Lipinski definition) is 5. The summed E-state index contributed by atoms with van der Waals surface area (Å²) >= 11 is 1.54. The molecule has 1 unspecified atom stereocenters. The van der Waals surface area contributed by atoms with E-state index in [-0.39, 0.29) is 30.4 Å². The van der Waals surface area contributed by atoms with Crippen molar-refractivity contribution in [1.29, 1.82) is 0 Å². The summed E-state index contributed by atoms with van der Waals surface area (Å²) in [5.74, 6) is -0.301. The third-order valence-corrected chi connectivity index (χ3v) is 4.65. The number of carbonyl (C=O) groups is 1. The van der Waals surface area contributed by atoms with Gasteiger partial charge in [0.05, 0.1) is 11.4 Å². The molecule has 1 amide bonds. The minimum Gasteiger partial charge on any atom is -0.481 e. The van der Waals surface area contributed by atoms with Crippen LogP contribution in [-0.4, -0.2) is 28.3 Å². The van der Waals surface area contributed by atoms with E-state index in [1.54, 1.807) is 13.0 Å². The fourth-order valence-electron chi connectivity index (χ4n) is 2.36. The molecular formula is C19H18FN3O3S. The topological polar surface area (TPSA) is 73.2 Å². The summed E-state index contributed by atoms with van der Waals surface area (Å²) in [6.07, 6.45) is -0.752. The van der Waals surface area contributed by atoms with Gasteiger partial charge < -0.3 is 10.1 Å². The zero-order valence-corrected chi connectivity index (χ0v) is 15.4. The summed E-state index contributed by atoms with van der Waals surface area (Å²) in [6, 6.07) is 12.4. The molecule has 0 fully saturated rings. The molecule has 2 heterocycles. The Balaban J connectivity index is 1.54. The standard InChI is InChI=1S/C19H18FN3O3S/c1-13(26-15-6-4-14(20)5-7-15)19(25)21-10-11-23-18(24)9-8-16(22-23)17-3-2-12-27-17/h2-9,12-13H,10-11H2,1H3,(H,21,25). The van der Waals surface area contributed by atoms with Crippen molar-refractivity contribution in [2.45, 2.75) is 19.6 Å². The van der Waals surface area contributed by atoms with Gasteiger partial charge in [0, 0.05) is 12.6 Å². The van der Waals surface area contributed by atoms with E-state index in [1.165, 1.54) is 46.4 Å². The quantitative estimate of drug-likeness (QED) is 0.677. The van der Waals surface area contributed by atoms with E-state index in [1.807, 2.05) is 17.5 Å². The van der Waals surface area contributed by atoms with Crippen LogP contribution in [0.5, 0.6) is 5.75 Å². The molecule has 1 atom stereocenters. The number of carbonyl (C=O) groups excluding carboxylic acids is 1. The molecule has 27 heavy (non-hydrogen) atoms. The molecule has 1 N–H and O–H groups in total. The third-order valence-electron chi connectivity index (χ3n) is 3.76. The number of halogens is 1. The van der Waals surface area contributed by atoms with E-state index in [4.69, 9.17) is 4.74 Å². The molecule has 0 bridgehead atoms. The van der Waals surface area contributed by atoms with Crippen LogP contribution in [0.2, 0.25) is 0 Å². The normalized spacial score (nSPS) is 11.8. The van der Waals surface area contributed by atoms with Crippen LogP contribution in [0.1, 0.15) is 6.92 Å². The summed E-state index contributed by atoms with van der Waals surface area (Å²) in [6.45, 7) is 2.07. The number of ether oxygens (including phenoxy) is 1. The van der Waals surface area contributed by atoms with Crippen molar-refractivity contribution in [2.24, 2.45) is 0 Å². The molecule has 0 saturated heterocycles. The number of rotatable bonds is 7. The maximum absolute atomic E-state index is 12.9. The maximum Gasteiger partial charge on any atom is 0.266 e. The van der Waals surface area contributed by atoms with Crippen molar-refractivity contribution in [2.75, 3.05) is 6.54 Å². The molecule has 6 nitrogen and oxygen atoms in total. The van der Waals surface area contributed by atoms with Crippen LogP contribution in [0.4, 0.5) is 4.39 Å². The monoisotopic (exact) mass is 387 g/mol. The number of benzene rings is 1. The lowest BCUT2D eigenvalue weighted by atomic mass is 10.3. The van der Waals surface area contributed by atoms with Crippen molar-refractivity contribution < 1.29 is 13.9 Å². The second-order valence-corrected chi connectivity index (χ2v) is 6.71.